The molecule has 2 aromatic rings. The maximum Gasteiger partial charge on any atom is 0.419 e. The van der Waals surface area contributed by atoms with Gasteiger partial charge in [-0.1, -0.05) is 0 Å². The zero-order chi connectivity index (χ0) is 13.5. The van der Waals surface area contributed by atoms with Gasteiger partial charge in [-0.05, 0) is 18.2 Å². The third kappa shape index (κ3) is 2.12. The lowest BCUT2D eigenvalue weighted by molar-refractivity contribution is 0.526. The van der Waals surface area contributed by atoms with Crippen LogP contribution in [-0.4, -0.2) is 31.4 Å². The van der Waals surface area contributed by atoms with Crippen LogP contribution in [0.2, 0.25) is 0 Å². The first-order valence-corrected chi connectivity index (χ1v) is 6.55. The molecule has 1 N–H and O–H groups in total. The highest BCUT2D eigenvalue weighted by Crippen LogP contribution is 2.18. The van der Waals surface area contributed by atoms with Crippen LogP contribution >= 0.6 is 0 Å². The summed E-state index contributed by atoms with van der Waals surface area (Å²) in [5, 5.41) is 0. The number of rotatable bonds is 3. The summed E-state index contributed by atoms with van der Waals surface area (Å²) in [4.78, 5) is 11.3. The van der Waals surface area contributed by atoms with E-state index in [2.05, 4.69) is 4.72 Å². The van der Waals surface area contributed by atoms with Gasteiger partial charge >= 0.3 is 16.0 Å². The van der Waals surface area contributed by atoms with Gasteiger partial charge in [-0.25, -0.2) is 4.79 Å². The quantitative estimate of drug-likeness (QED) is 0.873. The molecule has 1 aromatic heterocycles. The Kier molecular flexibility index (Phi) is 2.91. The van der Waals surface area contributed by atoms with Crippen molar-refractivity contribution in [3.05, 3.63) is 28.7 Å². The Labute approximate surface area is 104 Å². The van der Waals surface area contributed by atoms with Gasteiger partial charge in [0, 0.05) is 21.1 Å². The maximum absolute atomic E-state index is 11.6. The second kappa shape index (κ2) is 4.14. The van der Waals surface area contributed by atoms with Gasteiger partial charge in [-0.15, -0.1) is 0 Å². The molecule has 0 fully saturated rings. The molecule has 0 saturated carbocycles. The van der Waals surface area contributed by atoms with E-state index in [1.807, 2.05) is 0 Å². The number of aromatic nitrogens is 1. The van der Waals surface area contributed by atoms with Gasteiger partial charge in [0.15, 0.2) is 5.58 Å². The average Bonchev–Trinajstić information content (AvgIpc) is 2.55. The Morgan fingerprint density at radius 3 is 2.61 bits per heavy atom. The molecule has 0 spiro atoms. The minimum Gasteiger partial charge on any atom is -0.408 e. The molecule has 0 radical (unpaired) electrons. The fourth-order valence-corrected chi connectivity index (χ4v) is 2.04. The molecule has 0 saturated heterocycles. The lowest BCUT2D eigenvalue weighted by Gasteiger charge is -2.13. The highest BCUT2D eigenvalue weighted by Gasteiger charge is 2.14. The average molecular weight is 271 g/mol. The van der Waals surface area contributed by atoms with E-state index in [4.69, 9.17) is 4.42 Å². The number of anilines is 1. The first-order chi connectivity index (χ1) is 8.31. The predicted octanol–water partition coefficient (Wildman–Crippen LogP) is 0.350. The minimum atomic E-state index is -3.56. The molecular weight excluding hydrogens is 258 g/mol. The summed E-state index contributed by atoms with van der Waals surface area (Å²) in [6.45, 7) is 0. The Balaban J connectivity index is 2.48. The number of fused-ring (bicyclic) bond motifs is 1. The van der Waals surface area contributed by atoms with Crippen LogP contribution in [0.15, 0.2) is 27.4 Å². The van der Waals surface area contributed by atoms with Crippen LogP contribution < -0.4 is 10.5 Å². The van der Waals surface area contributed by atoms with Crippen molar-refractivity contribution in [2.24, 2.45) is 7.05 Å². The van der Waals surface area contributed by atoms with Gasteiger partial charge < -0.3 is 4.42 Å². The van der Waals surface area contributed by atoms with E-state index in [9.17, 15) is 13.2 Å². The van der Waals surface area contributed by atoms with Gasteiger partial charge in [0.2, 0.25) is 0 Å². The number of benzene rings is 1. The van der Waals surface area contributed by atoms with Crippen LogP contribution in [0.25, 0.3) is 11.1 Å². The summed E-state index contributed by atoms with van der Waals surface area (Å²) in [6.07, 6.45) is 0. The lowest BCUT2D eigenvalue weighted by Crippen LogP contribution is -2.28. The molecule has 98 valence electrons. The van der Waals surface area contributed by atoms with Crippen molar-refractivity contribution in [2.45, 2.75) is 0 Å². The smallest absolute Gasteiger partial charge is 0.408 e. The van der Waals surface area contributed by atoms with Gasteiger partial charge in [-0.2, -0.15) is 12.7 Å². The molecule has 8 heteroatoms. The molecule has 0 unspecified atom stereocenters. The van der Waals surface area contributed by atoms with Crippen molar-refractivity contribution in [1.82, 2.24) is 8.87 Å². The number of hydrogen-bond acceptors (Lipinski definition) is 4. The summed E-state index contributed by atoms with van der Waals surface area (Å²) in [7, 11) is 0.843. The monoisotopic (exact) mass is 271 g/mol. The molecule has 2 rings (SSSR count). The molecule has 0 amide bonds. The van der Waals surface area contributed by atoms with E-state index >= 15 is 0 Å². The Hall–Kier alpha value is -1.80. The fraction of sp³-hybridized carbons (Fsp3) is 0.300. The van der Waals surface area contributed by atoms with Crippen LogP contribution in [0.3, 0.4) is 0 Å². The lowest BCUT2D eigenvalue weighted by atomic mass is 10.3. The number of nitrogens with zero attached hydrogens (tertiary/aromatic N) is 2. The zero-order valence-corrected chi connectivity index (χ0v) is 11.0. The third-order valence-corrected chi connectivity index (χ3v) is 3.97. The highest BCUT2D eigenvalue weighted by atomic mass is 32.2. The standard InChI is InChI=1S/C10H13N3O4S/c1-12(2)18(15,16)11-7-4-5-9-8(6-7)13(3)10(14)17-9/h4-6,11H,1-3H3. The Bertz CT molecular complexity index is 742. The molecule has 0 bridgehead atoms. The largest absolute Gasteiger partial charge is 0.419 e. The van der Waals surface area contributed by atoms with Gasteiger partial charge in [0.25, 0.3) is 0 Å². The first kappa shape index (κ1) is 12.7. The molecular formula is C10H13N3O4S. The van der Waals surface area contributed by atoms with Gasteiger partial charge in [-0.3, -0.25) is 9.29 Å². The second-order valence-corrected chi connectivity index (χ2v) is 5.88. The topological polar surface area (TPSA) is 84.6 Å². The number of oxazole rings is 1. The SMILES string of the molecule is CN(C)S(=O)(=O)Nc1ccc2oc(=O)n(C)c2c1. The minimum absolute atomic E-state index is 0.368. The number of nitrogens with one attached hydrogen (secondary N) is 1. The Morgan fingerprint density at radius 2 is 2.00 bits per heavy atom. The molecule has 7 nitrogen and oxygen atoms in total. The maximum atomic E-state index is 11.6. The van der Waals surface area contributed by atoms with E-state index in [0.717, 1.165) is 4.31 Å². The molecule has 0 aliphatic rings. The van der Waals surface area contributed by atoms with Crippen LogP contribution in [0.5, 0.6) is 0 Å². The van der Waals surface area contributed by atoms with E-state index < -0.39 is 16.0 Å². The zero-order valence-electron chi connectivity index (χ0n) is 10.2. The molecule has 18 heavy (non-hydrogen) atoms. The molecule has 1 heterocycles. The van der Waals surface area contributed by atoms with Crippen molar-refractivity contribution in [2.75, 3.05) is 18.8 Å². The summed E-state index contributed by atoms with van der Waals surface area (Å²) < 4.78 is 33.0. The molecule has 0 atom stereocenters. The normalized spacial score (nSPS) is 12.2. The summed E-state index contributed by atoms with van der Waals surface area (Å²) in [5.74, 6) is -0.488. The molecule has 1 aromatic carbocycles. The summed E-state index contributed by atoms with van der Waals surface area (Å²) in [6, 6.07) is 4.62. The van der Waals surface area contributed by atoms with Gasteiger partial charge in [0.1, 0.15) is 0 Å². The summed E-state index contributed by atoms with van der Waals surface area (Å²) in [5.41, 5.74) is 1.31. The highest BCUT2D eigenvalue weighted by molar-refractivity contribution is 7.90. The van der Waals surface area contributed by atoms with E-state index in [-0.39, 0.29) is 0 Å². The van der Waals surface area contributed by atoms with Crippen LogP contribution in [0, 0.1) is 0 Å². The van der Waals surface area contributed by atoms with Crippen LogP contribution in [-0.2, 0) is 17.3 Å². The van der Waals surface area contributed by atoms with Crippen molar-refractivity contribution in [3.63, 3.8) is 0 Å². The third-order valence-electron chi connectivity index (χ3n) is 2.52. The van der Waals surface area contributed by atoms with E-state index in [1.165, 1.54) is 24.7 Å². The van der Waals surface area contributed by atoms with Gasteiger partial charge in [0.05, 0.1) is 11.2 Å². The van der Waals surface area contributed by atoms with Crippen LogP contribution in [0.1, 0.15) is 0 Å². The van der Waals surface area contributed by atoms with Crippen molar-refractivity contribution < 1.29 is 12.8 Å². The van der Waals surface area contributed by atoms with Crippen molar-refractivity contribution in [1.29, 1.82) is 0 Å². The fourth-order valence-electron chi connectivity index (χ4n) is 1.43. The second-order valence-electron chi connectivity index (χ2n) is 4.00. The molecule has 0 aliphatic heterocycles. The van der Waals surface area contributed by atoms with E-state index in [0.29, 0.717) is 16.8 Å². The Morgan fingerprint density at radius 1 is 1.33 bits per heavy atom. The first-order valence-electron chi connectivity index (χ1n) is 5.11. The molecule has 0 aliphatic carbocycles. The summed E-state index contributed by atoms with van der Waals surface area (Å²) >= 11 is 0. The van der Waals surface area contributed by atoms with E-state index in [1.54, 1.807) is 19.2 Å². The van der Waals surface area contributed by atoms with Crippen LogP contribution in [0.4, 0.5) is 5.69 Å². The van der Waals surface area contributed by atoms with Crippen molar-refractivity contribution in [3.8, 4) is 0 Å². The van der Waals surface area contributed by atoms with Crippen molar-refractivity contribution >= 4 is 27.0 Å². The number of hydrogen-bond donors (Lipinski definition) is 1. The number of aryl methyl sites for hydroxylation is 1. The predicted molar refractivity (Wildman–Crippen MR) is 67.7 cm³/mol.